The molecule has 0 saturated carbocycles. The Morgan fingerprint density at radius 1 is 1.10 bits per heavy atom. The lowest BCUT2D eigenvalue weighted by Crippen LogP contribution is -2.17. The average molecular weight is 334 g/mol. The molecule has 0 atom stereocenters. The maximum absolute atomic E-state index is 10.9. The molecule has 4 heteroatoms. The number of carboxylic acid groups (broad SMARTS) is 1. The number of carboxylic acids is 1. The van der Waals surface area contributed by atoms with Gasteiger partial charge in [-0.2, -0.15) is 0 Å². The highest BCUT2D eigenvalue weighted by molar-refractivity contribution is 9.10. The summed E-state index contributed by atoms with van der Waals surface area (Å²) in [4.78, 5) is 13.1. The van der Waals surface area contributed by atoms with E-state index in [1.54, 1.807) is 18.2 Å². The highest BCUT2D eigenvalue weighted by Crippen LogP contribution is 2.14. The lowest BCUT2D eigenvalue weighted by molar-refractivity contribution is 0.0696. The minimum Gasteiger partial charge on any atom is -0.478 e. The summed E-state index contributed by atoms with van der Waals surface area (Å²) in [6.07, 6.45) is 0. The van der Waals surface area contributed by atoms with Gasteiger partial charge in [0.05, 0.1) is 5.56 Å². The predicted molar refractivity (Wildman–Crippen MR) is 82.7 cm³/mol. The number of hydrogen-bond acceptors (Lipinski definition) is 2. The third-order valence-corrected chi connectivity index (χ3v) is 3.46. The molecule has 0 bridgehead atoms. The van der Waals surface area contributed by atoms with Crippen LogP contribution in [0.5, 0.6) is 0 Å². The van der Waals surface area contributed by atoms with Crippen LogP contribution in [-0.4, -0.2) is 23.0 Å². The Bertz CT molecular complexity index is 613. The summed E-state index contributed by atoms with van der Waals surface area (Å²) in [5.41, 5.74) is 2.55. The summed E-state index contributed by atoms with van der Waals surface area (Å²) in [5.74, 6) is -0.888. The standard InChI is InChI=1S/C16H16BrNO2/c1-18(11-13-5-3-7-15(17)9-13)10-12-4-2-6-14(8-12)16(19)20/h2-9H,10-11H2,1H3,(H,19,20). The fraction of sp³-hybridized carbons (Fsp3) is 0.188. The summed E-state index contributed by atoms with van der Waals surface area (Å²) in [5, 5.41) is 8.99. The fourth-order valence-electron chi connectivity index (χ4n) is 2.12. The van der Waals surface area contributed by atoms with E-state index in [2.05, 4.69) is 33.0 Å². The van der Waals surface area contributed by atoms with Crippen molar-refractivity contribution < 1.29 is 9.90 Å². The monoisotopic (exact) mass is 333 g/mol. The van der Waals surface area contributed by atoms with Gasteiger partial charge in [-0.3, -0.25) is 4.90 Å². The molecule has 0 unspecified atom stereocenters. The van der Waals surface area contributed by atoms with Crippen LogP contribution in [0.4, 0.5) is 0 Å². The van der Waals surface area contributed by atoms with Crippen molar-refractivity contribution >= 4 is 21.9 Å². The number of rotatable bonds is 5. The molecule has 104 valence electrons. The number of aromatic carboxylic acids is 1. The van der Waals surface area contributed by atoms with E-state index in [4.69, 9.17) is 5.11 Å². The third-order valence-electron chi connectivity index (χ3n) is 2.97. The Labute approximate surface area is 127 Å². The second-order valence-electron chi connectivity index (χ2n) is 4.81. The largest absolute Gasteiger partial charge is 0.478 e. The van der Waals surface area contributed by atoms with Gasteiger partial charge in [-0.25, -0.2) is 4.79 Å². The molecule has 0 saturated heterocycles. The molecule has 0 radical (unpaired) electrons. The topological polar surface area (TPSA) is 40.5 Å². The molecule has 2 aromatic carbocycles. The lowest BCUT2D eigenvalue weighted by atomic mass is 10.1. The molecule has 2 rings (SSSR count). The van der Waals surface area contributed by atoms with E-state index in [0.29, 0.717) is 12.1 Å². The Kier molecular flexibility index (Phi) is 4.93. The van der Waals surface area contributed by atoms with Crippen LogP contribution in [0.15, 0.2) is 53.0 Å². The van der Waals surface area contributed by atoms with Crippen molar-refractivity contribution in [1.29, 1.82) is 0 Å². The second-order valence-corrected chi connectivity index (χ2v) is 5.72. The van der Waals surface area contributed by atoms with Crippen molar-refractivity contribution in [3.63, 3.8) is 0 Å². The number of benzene rings is 2. The molecule has 0 fully saturated rings. The van der Waals surface area contributed by atoms with Crippen LogP contribution in [0.2, 0.25) is 0 Å². The van der Waals surface area contributed by atoms with E-state index < -0.39 is 5.97 Å². The van der Waals surface area contributed by atoms with Crippen LogP contribution in [0.3, 0.4) is 0 Å². The van der Waals surface area contributed by atoms with Gasteiger partial charge in [0.1, 0.15) is 0 Å². The van der Waals surface area contributed by atoms with Crippen molar-refractivity contribution in [2.75, 3.05) is 7.05 Å². The summed E-state index contributed by atoms with van der Waals surface area (Å²) < 4.78 is 1.07. The van der Waals surface area contributed by atoms with Crippen LogP contribution in [0, 0.1) is 0 Å². The SMILES string of the molecule is CN(Cc1cccc(Br)c1)Cc1cccc(C(=O)O)c1. The number of hydrogen-bond donors (Lipinski definition) is 1. The zero-order valence-corrected chi connectivity index (χ0v) is 12.8. The van der Waals surface area contributed by atoms with Crippen molar-refractivity contribution in [2.24, 2.45) is 0 Å². The minimum atomic E-state index is -0.888. The molecule has 0 aliphatic heterocycles. The molecular weight excluding hydrogens is 318 g/mol. The van der Waals surface area contributed by atoms with Gasteiger partial charge in [0.15, 0.2) is 0 Å². The van der Waals surface area contributed by atoms with Crippen LogP contribution >= 0.6 is 15.9 Å². The second kappa shape index (κ2) is 6.68. The van der Waals surface area contributed by atoms with Crippen LogP contribution < -0.4 is 0 Å². The molecule has 0 amide bonds. The van der Waals surface area contributed by atoms with Gasteiger partial charge in [0, 0.05) is 17.6 Å². The number of carbonyl (C=O) groups is 1. The molecule has 0 aromatic heterocycles. The van der Waals surface area contributed by atoms with Crippen LogP contribution in [-0.2, 0) is 13.1 Å². The first-order chi connectivity index (χ1) is 9.54. The maximum Gasteiger partial charge on any atom is 0.335 e. The predicted octanol–water partition coefficient (Wildman–Crippen LogP) is 3.78. The zero-order chi connectivity index (χ0) is 14.5. The number of nitrogens with zero attached hydrogens (tertiary/aromatic N) is 1. The molecule has 0 aliphatic rings. The first-order valence-corrected chi connectivity index (χ1v) is 7.09. The van der Waals surface area contributed by atoms with E-state index in [-0.39, 0.29) is 0 Å². The van der Waals surface area contributed by atoms with E-state index in [0.717, 1.165) is 16.6 Å². The maximum atomic E-state index is 10.9. The van der Waals surface area contributed by atoms with Crippen molar-refractivity contribution in [2.45, 2.75) is 13.1 Å². The molecule has 2 aromatic rings. The van der Waals surface area contributed by atoms with Gasteiger partial charge in [-0.1, -0.05) is 40.2 Å². The summed E-state index contributed by atoms with van der Waals surface area (Å²) in [7, 11) is 2.02. The molecule has 20 heavy (non-hydrogen) atoms. The number of halogens is 1. The summed E-state index contributed by atoms with van der Waals surface area (Å²) in [6, 6.07) is 15.2. The molecule has 0 heterocycles. The Morgan fingerprint density at radius 3 is 2.30 bits per heavy atom. The van der Waals surface area contributed by atoms with Crippen molar-refractivity contribution in [3.8, 4) is 0 Å². The smallest absolute Gasteiger partial charge is 0.335 e. The highest BCUT2D eigenvalue weighted by Gasteiger charge is 2.06. The molecular formula is C16H16BrNO2. The van der Waals surface area contributed by atoms with E-state index in [1.807, 2.05) is 25.2 Å². The molecule has 0 aliphatic carbocycles. The van der Waals surface area contributed by atoms with Gasteiger partial charge in [0.25, 0.3) is 0 Å². The summed E-state index contributed by atoms with van der Waals surface area (Å²) >= 11 is 3.46. The third kappa shape index (κ3) is 4.18. The first-order valence-electron chi connectivity index (χ1n) is 6.30. The normalized spacial score (nSPS) is 10.8. The van der Waals surface area contributed by atoms with Gasteiger partial charge in [-0.15, -0.1) is 0 Å². The molecule has 1 N–H and O–H groups in total. The van der Waals surface area contributed by atoms with E-state index in [9.17, 15) is 4.79 Å². The lowest BCUT2D eigenvalue weighted by Gasteiger charge is -2.17. The van der Waals surface area contributed by atoms with Gasteiger partial charge < -0.3 is 5.11 Å². The Hall–Kier alpha value is -1.65. The van der Waals surface area contributed by atoms with Crippen LogP contribution in [0.1, 0.15) is 21.5 Å². The molecule has 3 nitrogen and oxygen atoms in total. The highest BCUT2D eigenvalue weighted by atomic mass is 79.9. The minimum absolute atomic E-state index is 0.332. The molecule has 0 spiro atoms. The quantitative estimate of drug-likeness (QED) is 0.905. The Balaban J connectivity index is 2.02. The van der Waals surface area contributed by atoms with Crippen LogP contribution in [0.25, 0.3) is 0 Å². The van der Waals surface area contributed by atoms with Gasteiger partial charge in [0.2, 0.25) is 0 Å². The zero-order valence-electron chi connectivity index (χ0n) is 11.2. The first kappa shape index (κ1) is 14.8. The van der Waals surface area contributed by atoms with Gasteiger partial charge in [-0.05, 0) is 42.4 Å². The fourth-order valence-corrected chi connectivity index (χ4v) is 2.56. The van der Waals surface area contributed by atoms with E-state index in [1.165, 1.54) is 5.56 Å². The summed E-state index contributed by atoms with van der Waals surface area (Å²) in [6.45, 7) is 1.53. The van der Waals surface area contributed by atoms with Crippen molar-refractivity contribution in [1.82, 2.24) is 4.90 Å². The van der Waals surface area contributed by atoms with E-state index >= 15 is 0 Å². The average Bonchev–Trinajstić information content (AvgIpc) is 2.38. The van der Waals surface area contributed by atoms with Gasteiger partial charge >= 0.3 is 5.97 Å². The Morgan fingerprint density at radius 2 is 1.70 bits per heavy atom. The van der Waals surface area contributed by atoms with Crippen molar-refractivity contribution in [3.05, 3.63) is 69.7 Å².